The third kappa shape index (κ3) is 4.27. The topological polar surface area (TPSA) is 90.4 Å². The number of hydrogen-bond acceptors (Lipinski definition) is 5. The van der Waals surface area contributed by atoms with Gasteiger partial charge in [0.25, 0.3) is 5.89 Å². The average molecular weight is 440 g/mol. The maximum Gasteiger partial charge on any atom is 0.303 e. The molecule has 160 valence electrons. The Balaban J connectivity index is 1.69. The molecule has 0 aliphatic heterocycles. The van der Waals surface area contributed by atoms with E-state index in [-0.39, 0.29) is 12.5 Å². The Labute approximate surface area is 184 Å². The molecule has 2 aromatic carbocycles. The molecule has 0 atom stereocenters. The number of aliphatic carboxylic acids is 1. The van der Waals surface area contributed by atoms with Gasteiger partial charge < -0.3 is 18.9 Å². The van der Waals surface area contributed by atoms with E-state index >= 15 is 0 Å². The Bertz CT molecular complexity index is 1260. The highest BCUT2D eigenvalue weighted by atomic mass is 35.5. The number of rotatable bonds is 7. The lowest BCUT2D eigenvalue weighted by Gasteiger charge is -2.11. The summed E-state index contributed by atoms with van der Waals surface area (Å²) in [5.74, 6) is 0.581. The van der Waals surface area contributed by atoms with Gasteiger partial charge in [-0.15, -0.1) is 0 Å². The summed E-state index contributed by atoms with van der Waals surface area (Å²) in [6, 6.07) is 11.2. The van der Waals surface area contributed by atoms with E-state index in [1.54, 1.807) is 12.1 Å². The highest BCUT2D eigenvalue weighted by molar-refractivity contribution is 6.32. The minimum Gasteiger partial charge on any atom is -0.489 e. The van der Waals surface area contributed by atoms with E-state index < -0.39 is 5.97 Å². The Morgan fingerprint density at radius 1 is 1.29 bits per heavy atom. The van der Waals surface area contributed by atoms with Gasteiger partial charge in [0, 0.05) is 36.2 Å². The molecular weight excluding hydrogens is 418 g/mol. The van der Waals surface area contributed by atoms with Gasteiger partial charge in [-0.1, -0.05) is 28.9 Å². The number of benzene rings is 2. The predicted molar refractivity (Wildman–Crippen MR) is 118 cm³/mol. The van der Waals surface area contributed by atoms with Crippen LogP contribution in [0.2, 0.25) is 5.02 Å². The number of fused-ring (bicyclic) bond motifs is 1. The average Bonchev–Trinajstić information content (AvgIpc) is 3.33. The van der Waals surface area contributed by atoms with Crippen LogP contribution in [-0.2, 0) is 18.3 Å². The monoisotopic (exact) mass is 439 g/mol. The van der Waals surface area contributed by atoms with Crippen molar-refractivity contribution in [1.29, 1.82) is 0 Å². The van der Waals surface area contributed by atoms with Gasteiger partial charge in [-0.25, -0.2) is 0 Å². The summed E-state index contributed by atoms with van der Waals surface area (Å²) in [6.07, 6.45) is 2.50. The summed E-state index contributed by atoms with van der Waals surface area (Å²) in [4.78, 5) is 15.6. The van der Waals surface area contributed by atoms with Crippen LogP contribution in [0.25, 0.3) is 33.7 Å². The highest BCUT2D eigenvalue weighted by Gasteiger charge is 2.18. The van der Waals surface area contributed by atoms with Crippen molar-refractivity contribution in [3.63, 3.8) is 0 Å². The number of aryl methyl sites for hydroxylation is 2. The van der Waals surface area contributed by atoms with Crippen molar-refractivity contribution in [2.24, 2.45) is 7.05 Å². The highest BCUT2D eigenvalue weighted by Crippen LogP contribution is 2.34. The second kappa shape index (κ2) is 8.43. The Morgan fingerprint density at radius 2 is 2.10 bits per heavy atom. The standard InChI is InChI=1S/C23H22ClN3O4/c1-13(2)30-19-9-7-14(11-18(19)24)23-25-22(26-31-23)17-6-4-5-16-15(8-10-20(28)29)12-27(3)21(16)17/h4-7,9,11-13H,8,10H2,1-3H3,(H,28,29). The summed E-state index contributed by atoms with van der Waals surface area (Å²) in [6.45, 7) is 3.87. The molecule has 2 aromatic heterocycles. The van der Waals surface area contributed by atoms with Gasteiger partial charge in [-0.05, 0) is 50.1 Å². The Morgan fingerprint density at radius 3 is 2.81 bits per heavy atom. The van der Waals surface area contributed by atoms with E-state index in [0.717, 1.165) is 22.0 Å². The molecule has 2 heterocycles. The number of carbonyl (C=O) groups is 1. The van der Waals surface area contributed by atoms with Crippen molar-refractivity contribution >= 4 is 28.5 Å². The molecule has 0 spiro atoms. The number of halogens is 1. The predicted octanol–water partition coefficient (Wildman–Crippen LogP) is 5.35. The normalized spacial score (nSPS) is 11.4. The van der Waals surface area contributed by atoms with Crippen molar-refractivity contribution in [2.45, 2.75) is 32.8 Å². The molecule has 4 aromatic rings. The first-order valence-electron chi connectivity index (χ1n) is 9.93. The second-order valence-electron chi connectivity index (χ2n) is 7.60. The van der Waals surface area contributed by atoms with Gasteiger partial charge in [0.05, 0.1) is 16.6 Å². The summed E-state index contributed by atoms with van der Waals surface area (Å²) in [5.41, 5.74) is 3.40. The number of hydrogen-bond donors (Lipinski definition) is 1. The largest absolute Gasteiger partial charge is 0.489 e. The molecule has 0 aliphatic carbocycles. The molecule has 7 nitrogen and oxygen atoms in total. The zero-order chi connectivity index (χ0) is 22.1. The van der Waals surface area contributed by atoms with Crippen molar-refractivity contribution in [3.8, 4) is 28.6 Å². The maximum atomic E-state index is 11.0. The number of carboxylic acid groups (broad SMARTS) is 1. The summed E-state index contributed by atoms with van der Waals surface area (Å²) < 4.78 is 13.1. The van der Waals surface area contributed by atoms with Crippen LogP contribution in [-0.4, -0.2) is 31.9 Å². The van der Waals surface area contributed by atoms with Gasteiger partial charge in [0.2, 0.25) is 5.82 Å². The quantitative estimate of drug-likeness (QED) is 0.417. The van der Waals surface area contributed by atoms with Crippen LogP contribution in [0.5, 0.6) is 5.75 Å². The summed E-state index contributed by atoms with van der Waals surface area (Å²) in [5, 5.41) is 14.6. The SMILES string of the molecule is CC(C)Oc1ccc(-c2nc(-c3cccc4c(CCC(=O)O)cn(C)c34)no2)cc1Cl. The molecule has 0 saturated heterocycles. The zero-order valence-electron chi connectivity index (χ0n) is 17.4. The Hall–Kier alpha value is -3.32. The minimum absolute atomic E-state index is 0.0181. The fourth-order valence-electron chi connectivity index (χ4n) is 3.61. The lowest BCUT2D eigenvalue weighted by molar-refractivity contribution is -0.136. The summed E-state index contributed by atoms with van der Waals surface area (Å²) in [7, 11) is 1.92. The zero-order valence-corrected chi connectivity index (χ0v) is 18.2. The minimum atomic E-state index is -0.820. The van der Waals surface area contributed by atoms with E-state index in [0.29, 0.717) is 34.5 Å². The molecular formula is C23H22ClN3O4. The first-order valence-corrected chi connectivity index (χ1v) is 10.3. The number of ether oxygens (including phenoxy) is 1. The molecule has 0 fully saturated rings. The van der Waals surface area contributed by atoms with E-state index in [1.165, 1.54) is 0 Å². The van der Waals surface area contributed by atoms with Gasteiger partial charge in [0.1, 0.15) is 5.75 Å². The lowest BCUT2D eigenvalue weighted by Crippen LogP contribution is -2.05. The third-order valence-electron chi connectivity index (χ3n) is 4.90. The van der Waals surface area contributed by atoms with Crippen molar-refractivity contribution in [1.82, 2.24) is 14.7 Å². The van der Waals surface area contributed by atoms with Crippen LogP contribution in [0.15, 0.2) is 47.1 Å². The molecule has 1 N–H and O–H groups in total. The molecule has 4 rings (SSSR count). The van der Waals surface area contributed by atoms with Gasteiger partial charge >= 0.3 is 5.97 Å². The van der Waals surface area contributed by atoms with Crippen LogP contribution in [0, 0.1) is 0 Å². The molecule has 31 heavy (non-hydrogen) atoms. The number of aromatic nitrogens is 3. The van der Waals surface area contributed by atoms with Crippen LogP contribution >= 0.6 is 11.6 Å². The number of para-hydroxylation sites is 1. The second-order valence-corrected chi connectivity index (χ2v) is 8.00. The van der Waals surface area contributed by atoms with Crippen LogP contribution in [0.3, 0.4) is 0 Å². The molecule has 0 bridgehead atoms. The van der Waals surface area contributed by atoms with Crippen molar-refractivity contribution in [2.75, 3.05) is 0 Å². The van der Waals surface area contributed by atoms with E-state index in [9.17, 15) is 4.79 Å². The smallest absolute Gasteiger partial charge is 0.303 e. The van der Waals surface area contributed by atoms with Crippen LogP contribution in [0.1, 0.15) is 25.8 Å². The molecule has 0 amide bonds. The maximum absolute atomic E-state index is 11.0. The van der Waals surface area contributed by atoms with Crippen molar-refractivity contribution < 1.29 is 19.2 Å². The third-order valence-corrected chi connectivity index (χ3v) is 5.20. The van der Waals surface area contributed by atoms with Crippen molar-refractivity contribution in [3.05, 3.63) is 53.2 Å². The molecule has 0 unspecified atom stereocenters. The van der Waals surface area contributed by atoms with Gasteiger partial charge in [-0.3, -0.25) is 4.79 Å². The molecule has 0 saturated carbocycles. The first kappa shape index (κ1) is 20.9. The van der Waals surface area contributed by atoms with Crippen LogP contribution in [0.4, 0.5) is 0 Å². The van der Waals surface area contributed by atoms with E-state index in [4.69, 9.17) is 26.0 Å². The Kier molecular flexibility index (Phi) is 5.69. The molecule has 0 radical (unpaired) electrons. The van der Waals surface area contributed by atoms with Gasteiger partial charge in [-0.2, -0.15) is 4.98 Å². The van der Waals surface area contributed by atoms with E-state index in [2.05, 4.69) is 10.1 Å². The number of carboxylic acids is 1. The fourth-order valence-corrected chi connectivity index (χ4v) is 3.83. The summed E-state index contributed by atoms with van der Waals surface area (Å²) >= 11 is 6.34. The molecule has 0 aliphatic rings. The molecule has 8 heteroatoms. The fraction of sp³-hybridized carbons (Fsp3) is 0.261. The lowest BCUT2D eigenvalue weighted by atomic mass is 10.1. The van der Waals surface area contributed by atoms with Crippen LogP contribution < -0.4 is 4.74 Å². The first-order chi connectivity index (χ1) is 14.8. The van der Waals surface area contributed by atoms with E-state index in [1.807, 2.05) is 55.9 Å². The number of nitrogens with zero attached hydrogens (tertiary/aromatic N) is 3. The van der Waals surface area contributed by atoms with Gasteiger partial charge in [0.15, 0.2) is 0 Å².